The first-order chi connectivity index (χ1) is 8.62. The van der Waals surface area contributed by atoms with E-state index in [1.807, 2.05) is 6.07 Å². The average molecular weight is 265 g/mol. The molecule has 0 spiro atoms. The average Bonchev–Trinajstić information content (AvgIpc) is 2.39. The Labute approximate surface area is 107 Å². The van der Waals surface area contributed by atoms with Gasteiger partial charge in [-0.3, -0.25) is 0 Å². The van der Waals surface area contributed by atoms with E-state index in [1.54, 1.807) is 0 Å². The molecule has 0 radical (unpaired) electrons. The number of hydrogen-bond acceptors (Lipinski definition) is 5. The number of nitriles is 1. The monoisotopic (exact) mass is 265 g/mol. The van der Waals surface area contributed by atoms with Crippen LogP contribution in [0.5, 0.6) is 0 Å². The molecule has 1 fully saturated rings. The first-order valence-corrected chi connectivity index (χ1v) is 7.59. The van der Waals surface area contributed by atoms with E-state index in [1.165, 1.54) is 18.3 Å². The second-order valence-corrected chi connectivity index (χ2v) is 6.40. The summed E-state index contributed by atoms with van der Waals surface area (Å²) >= 11 is 0. The van der Waals surface area contributed by atoms with E-state index in [0.29, 0.717) is 5.56 Å². The highest BCUT2D eigenvalue weighted by Crippen LogP contribution is 2.15. The summed E-state index contributed by atoms with van der Waals surface area (Å²) in [4.78, 5) is 3.86. The van der Waals surface area contributed by atoms with Gasteiger partial charge in [-0.15, -0.1) is 0 Å². The SMILES string of the molecule is N#Cc1ccnc(S(=O)(=O)C[C@H]2CCCCN2)c1. The van der Waals surface area contributed by atoms with Gasteiger partial charge in [-0.05, 0) is 31.5 Å². The predicted molar refractivity (Wildman–Crippen MR) is 66.6 cm³/mol. The number of nitrogens with one attached hydrogen (secondary N) is 1. The van der Waals surface area contributed by atoms with Crippen molar-refractivity contribution >= 4 is 9.84 Å². The van der Waals surface area contributed by atoms with Crippen LogP contribution < -0.4 is 5.32 Å². The van der Waals surface area contributed by atoms with Crippen LogP contribution in [0.4, 0.5) is 0 Å². The van der Waals surface area contributed by atoms with Gasteiger partial charge in [-0.1, -0.05) is 6.42 Å². The van der Waals surface area contributed by atoms with Crippen molar-refractivity contribution in [1.82, 2.24) is 10.3 Å². The van der Waals surface area contributed by atoms with Crippen molar-refractivity contribution in [3.63, 3.8) is 0 Å². The Morgan fingerprint density at radius 2 is 2.33 bits per heavy atom. The second kappa shape index (κ2) is 5.46. The van der Waals surface area contributed by atoms with Gasteiger partial charge in [0.15, 0.2) is 14.9 Å². The summed E-state index contributed by atoms with van der Waals surface area (Å²) in [6.07, 6.45) is 4.38. The fourth-order valence-electron chi connectivity index (χ4n) is 2.07. The fraction of sp³-hybridized carbons (Fsp3) is 0.500. The van der Waals surface area contributed by atoms with Crippen LogP contribution in [0.15, 0.2) is 23.4 Å². The summed E-state index contributed by atoms with van der Waals surface area (Å²) in [5, 5.41) is 12.0. The number of piperidine rings is 1. The molecular formula is C12H15N3O2S. The van der Waals surface area contributed by atoms with Gasteiger partial charge in [-0.2, -0.15) is 5.26 Å². The fourth-order valence-corrected chi connectivity index (χ4v) is 3.58. The molecule has 1 aliphatic rings. The van der Waals surface area contributed by atoms with Crippen LogP contribution in [0.3, 0.4) is 0 Å². The highest BCUT2D eigenvalue weighted by atomic mass is 32.2. The second-order valence-electron chi connectivity index (χ2n) is 4.42. The number of pyridine rings is 1. The zero-order valence-electron chi connectivity index (χ0n) is 9.96. The third-order valence-electron chi connectivity index (χ3n) is 3.02. The molecule has 6 heteroatoms. The lowest BCUT2D eigenvalue weighted by molar-refractivity contribution is 0.423. The summed E-state index contributed by atoms with van der Waals surface area (Å²) in [5.74, 6) is 0.0505. The van der Waals surface area contributed by atoms with E-state index in [0.717, 1.165) is 25.8 Å². The zero-order valence-corrected chi connectivity index (χ0v) is 10.8. The van der Waals surface area contributed by atoms with Crippen molar-refractivity contribution in [1.29, 1.82) is 5.26 Å². The Morgan fingerprint density at radius 1 is 1.50 bits per heavy atom. The van der Waals surface area contributed by atoms with Crippen molar-refractivity contribution in [2.24, 2.45) is 0 Å². The van der Waals surface area contributed by atoms with Crippen LogP contribution in [0, 0.1) is 11.3 Å². The summed E-state index contributed by atoms with van der Waals surface area (Å²) in [5.41, 5.74) is 0.320. The Morgan fingerprint density at radius 3 is 3.00 bits per heavy atom. The molecule has 5 nitrogen and oxygen atoms in total. The minimum absolute atomic E-state index is 0.00343. The molecule has 1 N–H and O–H groups in total. The van der Waals surface area contributed by atoms with Crippen LogP contribution in [-0.4, -0.2) is 31.7 Å². The molecule has 1 saturated heterocycles. The standard InChI is InChI=1S/C12H15N3O2S/c13-8-10-4-6-15-12(7-10)18(16,17)9-11-3-1-2-5-14-11/h4,6-7,11,14H,1-3,5,9H2/t11-/m1/s1. The van der Waals surface area contributed by atoms with Crippen molar-refractivity contribution < 1.29 is 8.42 Å². The van der Waals surface area contributed by atoms with Crippen molar-refractivity contribution in [2.75, 3.05) is 12.3 Å². The van der Waals surface area contributed by atoms with E-state index in [9.17, 15) is 8.42 Å². The van der Waals surface area contributed by atoms with Crippen LogP contribution in [0.1, 0.15) is 24.8 Å². The molecule has 1 aromatic rings. The van der Waals surface area contributed by atoms with Gasteiger partial charge in [-0.25, -0.2) is 13.4 Å². The maximum absolute atomic E-state index is 12.2. The maximum Gasteiger partial charge on any atom is 0.197 e. The highest BCUT2D eigenvalue weighted by Gasteiger charge is 2.23. The molecule has 0 unspecified atom stereocenters. The molecule has 0 bridgehead atoms. The van der Waals surface area contributed by atoms with Gasteiger partial charge < -0.3 is 5.32 Å². The lowest BCUT2D eigenvalue weighted by atomic mass is 10.1. The summed E-state index contributed by atoms with van der Waals surface area (Å²) < 4.78 is 24.3. The third kappa shape index (κ3) is 3.06. The lowest BCUT2D eigenvalue weighted by Crippen LogP contribution is -2.39. The summed E-state index contributed by atoms with van der Waals surface area (Å²) in [6.45, 7) is 0.867. The van der Waals surface area contributed by atoms with Crippen LogP contribution in [0.25, 0.3) is 0 Å². The number of nitrogens with zero attached hydrogens (tertiary/aromatic N) is 2. The first kappa shape index (κ1) is 13.0. The van der Waals surface area contributed by atoms with E-state index in [4.69, 9.17) is 5.26 Å². The first-order valence-electron chi connectivity index (χ1n) is 5.94. The number of aromatic nitrogens is 1. The zero-order chi connectivity index (χ0) is 13.0. The maximum atomic E-state index is 12.2. The molecule has 0 amide bonds. The Hall–Kier alpha value is -1.45. The minimum atomic E-state index is -3.42. The molecule has 0 aromatic carbocycles. The number of sulfone groups is 1. The molecule has 2 rings (SSSR count). The van der Waals surface area contributed by atoms with Crippen molar-refractivity contribution in [3.05, 3.63) is 23.9 Å². The predicted octanol–water partition coefficient (Wildman–Crippen LogP) is 0.869. The Balaban J connectivity index is 2.17. The highest BCUT2D eigenvalue weighted by molar-refractivity contribution is 7.91. The van der Waals surface area contributed by atoms with Crippen molar-refractivity contribution in [3.8, 4) is 6.07 Å². The largest absolute Gasteiger partial charge is 0.313 e. The molecule has 1 aromatic heterocycles. The smallest absolute Gasteiger partial charge is 0.197 e. The van der Waals surface area contributed by atoms with Crippen LogP contribution in [0.2, 0.25) is 0 Å². The lowest BCUT2D eigenvalue weighted by Gasteiger charge is -2.22. The Bertz CT molecular complexity index is 557. The summed E-state index contributed by atoms with van der Waals surface area (Å²) in [6, 6.07) is 4.75. The third-order valence-corrected chi connectivity index (χ3v) is 4.72. The van der Waals surface area contributed by atoms with E-state index < -0.39 is 9.84 Å². The quantitative estimate of drug-likeness (QED) is 0.876. The molecular weight excluding hydrogens is 250 g/mol. The van der Waals surface area contributed by atoms with Gasteiger partial charge in [0.25, 0.3) is 0 Å². The van der Waals surface area contributed by atoms with E-state index >= 15 is 0 Å². The van der Waals surface area contributed by atoms with Gasteiger partial charge in [0, 0.05) is 12.2 Å². The minimum Gasteiger partial charge on any atom is -0.313 e. The normalized spacial score (nSPS) is 20.3. The molecule has 18 heavy (non-hydrogen) atoms. The van der Waals surface area contributed by atoms with Gasteiger partial charge in [0.2, 0.25) is 0 Å². The van der Waals surface area contributed by atoms with Gasteiger partial charge in [0.1, 0.15) is 0 Å². The number of hydrogen-bond donors (Lipinski definition) is 1. The van der Waals surface area contributed by atoms with Crippen molar-refractivity contribution in [2.45, 2.75) is 30.3 Å². The Kier molecular flexibility index (Phi) is 3.94. The molecule has 0 aliphatic carbocycles. The topological polar surface area (TPSA) is 82.8 Å². The molecule has 96 valence electrons. The molecule has 2 heterocycles. The van der Waals surface area contributed by atoms with E-state index in [-0.39, 0.29) is 16.8 Å². The van der Waals surface area contributed by atoms with Gasteiger partial charge in [0.05, 0.1) is 17.4 Å². The van der Waals surface area contributed by atoms with Crippen LogP contribution >= 0.6 is 0 Å². The number of rotatable bonds is 3. The van der Waals surface area contributed by atoms with Crippen LogP contribution in [-0.2, 0) is 9.84 Å². The molecule has 1 aliphatic heterocycles. The van der Waals surface area contributed by atoms with Gasteiger partial charge >= 0.3 is 0 Å². The summed E-state index contributed by atoms with van der Waals surface area (Å²) in [7, 11) is -3.42. The molecule has 0 saturated carbocycles. The molecule has 1 atom stereocenters. The van der Waals surface area contributed by atoms with E-state index in [2.05, 4.69) is 10.3 Å².